The maximum Gasteiger partial charge on any atom is 0.407 e. The van der Waals surface area contributed by atoms with Crippen LogP contribution in [-0.2, 0) is 11.3 Å². The van der Waals surface area contributed by atoms with Crippen LogP contribution in [0.15, 0.2) is 10.8 Å². The van der Waals surface area contributed by atoms with Crippen molar-refractivity contribution in [3.8, 4) is 29.1 Å². The molecule has 0 fully saturated rings. The number of aromatic nitrogens is 5. The van der Waals surface area contributed by atoms with Crippen LogP contribution in [0.5, 0.6) is 5.75 Å². The maximum atomic E-state index is 12.3. The standard InChI is InChI=1S/C26H37N7O5/c1-9-33-21-18(36-13-11-16(15(2)3)29-24(34)37-25(4,5)6)14-28-17(10-12-26(7,8)35)19(21)30-23(33)20-22(27)32-38-31-20/h14-16,35H,9,11,13H2,1-8H3,(H2,27,32)(H,29,34). The number of nitrogen functional groups attached to an aromatic ring is 1. The summed E-state index contributed by atoms with van der Waals surface area (Å²) in [6.07, 6.45) is 1.64. The molecular formula is C26H37N7O5. The molecule has 12 heteroatoms. The predicted octanol–water partition coefficient (Wildman–Crippen LogP) is 3.52. The molecule has 12 nitrogen and oxygen atoms in total. The number of alkyl carbamates (subject to hydrolysis) is 1. The van der Waals surface area contributed by atoms with E-state index in [0.29, 0.717) is 47.9 Å². The molecule has 0 saturated heterocycles. The molecule has 0 aliphatic carbocycles. The lowest BCUT2D eigenvalue weighted by atomic mass is 10.0. The van der Waals surface area contributed by atoms with Gasteiger partial charge in [0.25, 0.3) is 0 Å². The molecule has 38 heavy (non-hydrogen) atoms. The highest BCUT2D eigenvalue weighted by atomic mass is 16.6. The second-order valence-corrected chi connectivity index (χ2v) is 10.8. The third-order valence-electron chi connectivity index (χ3n) is 5.46. The third kappa shape index (κ3) is 7.13. The molecule has 4 N–H and O–H groups in total. The van der Waals surface area contributed by atoms with E-state index >= 15 is 0 Å². The van der Waals surface area contributed by atoms with Gasteiger partial charge in [0.1, 0.15) is 27.9 Å². The second kappa shape index (κ2) is 11.3. The average molecular weight is 528 g/mol. The number of nitrogens with two attached hydrogens (primary N) is 1. The maximum absolute atomic E-state index is 12.3. The van der Waals surface area contributed by atoms with E-state index < -0.39 is 17.3 Å². The predicted molar refractivity (Wildman–Crippen MR) is 142 cm³/mol. The number of rotatable bonds is 8. The number of aliphatic hydroxyl groups is 1. The Labute approximate surface area is 222 Å². The first kappa shape index (κ1) is 28.7. The van der Waals surface area contributed by atoms with E-state index in [1.54, 1.807) is 20.0 Å². The lowest BCUT2D eigenvalue weighted by Gasteiger charge is -2.25. The number of aryl methyl sites for hydroxylation is 1. The fourth-order valence-electron chi connectivity index (χ4n) is 3.69. The van der Waals surface area contributed by atoms with Gasteiger partial charge in [-0.25, -0.2) is 19.4 Å². The van der Waals surface area contributed by atoms with Gasteiger partial charge in [0.2, 0.25) is 0 Å². The molecule has 0 saturated carbocycles. The molecule has 3 heterocycles. The van der Waals surface area contributed by atoms with Crippen LogP contribution in [0.1, 0.15) is 67.5 Å². The Morgan fingerprint density at radius 2 is 1.97 bits per heavy atom. The number of anilines is 1. The van der Waals surface area contributed by atoms with Crippen molar-refractivity contribution in [2.24, 2.45) is 5.92 Å². The van der Waals surface area contributed by atoms with Crippen LogP contribution in [0.4, 0.5) is 10.6 Å². The van der Waals surface area contributed by atoms with E-state index in [0.717, 1.165) is 0 Å². The first-order chi connectivity index (χ1) is 17.7. The minimum atomic E-state index is -1.22. The molecule has 0 aliphatic heterocycles. The van der Waals surface area contributed by atoms with Gasteiger partial charge in [0, 0.05) is 19.0 Å². The number of hydrogen-bond donors (Lipinski definition) is 3. The summed E-state index contributed by atoms with van der Waals surface area (Å²) in [4.78, 5) is 21.5. The van der Waals surface area contributed by atoms with Crippen molar-refractivity contribution in [1.82, 2.24) is 30.2 Å². The molecular weight excluding hydrogens is 490 g/mol. The highest BCUT2D eigenvalue weighted by molar-refractivity contribution is 5.89. The van der Waals surface area contributed by atoms with Crippen molar-refractivity contribution in [2.75, 3.05) is 12.3 Å². The van der Waals surface area contributed by atoms with Crippen LogP contribution < -0.4 is 15.8 Å². The van der Waals surface area contributed by atoms with Gasteiger partial charge in [0.05, 0.1) is 12.8 Å². The molecule has 1 atom stereocenters. The zero-order valence-corrected chi connectivity index (χ0v) is 23.2. The summed E-state index contributed by atoms with van der Waals surface area (Å²) in [5.74, 6) is 6.85. The SMILES string of the molecule is CCn1c(-c2nonc2N)nc2c(C#CC(C)(C)O)ncc(OCCC(NC(=O)OC(C)(C)C)C(C)C)c21. The number of nitrogens with one attached hydrogen (secondary N) is 1. The Morgan fingerprint density at radius 1 is 1.26 bits per heavy atom. The summed E-state index contributed by atoms with van der Waals surface area (Å²) < 4.78 is 18.3. The van der Waals surface area contributed by atoms with E-state index in [1.807, 2.05) is 46.1 Å². The Balaban J connectivity index is 1.95. The Kier molecular flexibility index (Phi) is 8.51. The molecule has 0 aromatic carbocycles. The summed E-state index contributed by atoms with van der Waals surface area (Å²) in [6.45, 7) is 15.4. The van der Waals surface area contributed by atoms with E-state index in [9.17, 15) is 9.90 Å². The summed E-state index contributed by atoms with van der Waals surface area (Å²) in [5.41, 5.74) is 5.91. The van der Waals surface area contributed by atoms with Crippen molar-refractivity contribution in [1.29, 1.82) is 0 Å². The zero-order chi connectivity index (χ0) is 28.3. The van der Waals surface area contributed by atoms with Crippen molar-refractivity contribution < 1.29 is 24.0 Å². The van der Waals surface area contributed by atoms with Crippen molar-refractivity contribution in [2.45, 2.75) is 85.6 Å². The van der Waals surface area contributed by atoms with Gasteiger partial charge in [-0.15, -0.1) is 0 Å². The second-order valence-electron chi connectivity index (χ2n) is 10.8. The largest absolute Gasteiger partial charge is 0.490 e. The summed E-state index contributed by atoms with van der Waals surface area (Å²) in [7, 11) is 0. The van der Waals surface area contributed by atoms with Gasteiger partial charge < -0.3 is 30.2 Å². The summed E-state index contributed by atoms with van der Waals surface area (Å²) in [5, 5.41) is 20.6. The number of hydrogen-bond acceptors (Lipinski definition) is 10. The van der Waals surface area contributed by atoms with Crippen LogP contribution in [-0.4, -0.2) is 59.9 Å². The van der Waals surface area contributed by atoms with Crippen LogP contribution in [0.3, 0.4) is 0 Å². The molecule has 3 aromatic rings. The highest BCUT2D eigenvalue weighted by Crippen LogP contribution is 2.33. The third-order valence-corrected chi connectivity index (χ3v) is 5.46. The molecule has 0 bridgehead atoms. The lowest BCUT2D eigenvalue weighted by molar-refractivity contribution is 0.0482. The molecule has 0 spiro atoms. The molecule has 0 radical (unpaired) electrons. The Bertz CT molecular complexity index is 1340. The van der Waals surface area contributed by atoms with Gasteiger partial charge in [-0.2, -0.15) is 0 Å². The average Bonchev–Trinajstić information content (AvgIpc) is 3.38. The molecule has 206 valence electrons. The van der Waals surface area contributed by atoms with Crippen LogP contribution in [0.2, 0.25) is 0 Å². The number of carbonyl (C=O) groups excluding carboxylic acids is 1. The normalized spacial score (nSPS) is 12.8. The quantitative estimate of drug-likeness (QED) is 0.369. The molecule has 1 amide bonds. The Morgan fingerprint density at radius 3 is 2.53 bits per heavy atom. The van der Waals surface area contributed by atoms with Crippen molar-refractivity contribution in [3.05, 3.63) is 11.9 Å². The lowest BCUT2D eigenvalue weighted by Crippen LogP contribution is -2.42. The number of ether oxygens (including phenoxy) is 2. The smallest absolute Gasteiger partial charge is 0.407 e. The Hall–Kier alpha value is -3.85. The molecule has 0 aliphatic rings. The first-order valence-corrected chi connectivity index (χ1v) is 12.6. The van der Waals surface area contributed by atoms with E-state index in [-0.39, 0.29) is 23.5 Å². The number of amides is 1. The van der Waals surface area contributed by atoms with E-state index in [2.05, 4.69) is 32.5 Å². The number of pyridine rings is 1. The highest BCUT2D eigenvalue weighted by Gasteiger charge is 2.25. The number of carbonyl (C=O) groups is 1. The van der Waals surface area contributed by atoms with Gasteiger partial charge in [-0.1, -0.05) is 19.8 Å². The summed E-state index contributed by atoms with van der Waals surface area (Å²) >= 11 is 0. The first-order valence-electron chi connectivity index (χ1n) is 12.6. The fourth-order valence-corrected chi connectivity index (χ4v) is 3.69. The zero-order valence-electron chi connectivity index (χ0n) is 23.2. The number of nitrogens with zero attached hydrogens (tertiary/aromatic N) is 5. The van der Waals surface area contributed by atoms with Gasteiger partial charge >= 0.3 is 6.09 Å². The molecule has 1 unspecified atom stereocenters. The van der Waals surface area contributed by atoms with Crippen LogP contribution >= 0.6 is 0 Å². The molecule has 3 aromatic heterocycles. The summed E-state index contributed by atoms with van der Waals surface area (Å²) in [6, 6.07) is -0.169. The topological polar surface area (TPSA) is 163 Å². The van der Waals surface area contributed by atoms with Gasteiger partial charge in [-0.05, 0) is 63.7 Å². The van der Waals surface area contributed by atoms with Crippen LogP contribution in [0.25, 0.3) is 22.6 Å². The van der Waals surface area contributed by atoms with Crippen molar-refractivity contribution in [3.63, 3.8) is 0 Å². The van der Waals surface area contributed by atoms with Gasteiger partial charge in [0.15, 0.2) is 23.1 Å². The van der Waals surface area contributed by atoms with Crippen LogP contribution in [0, 0.1) is 17.8 Å². The van der Waals surface area contributed by atoms with E-state index in [4.69, 9.17) is 24.8 Å². The fraction of sp³-hybridized carbons (Fsp3) is 0.577. The number of imidazole rings is 1. The minimum absolute atomic E-state index is 0.0996. The minimum Gasteiger partial charge on any atom is -0.490 e. The van der Waals surface area contributed by atoms with Gasteiger partial charge in [-0.3, -0.25) is 0 Å². The van der Waals surface area contributed by atoms with E-state index in [1.165, 1.54) is 0 Å². The van der Waals surface area contributed by atoms with Crippen molar-refractivity contribution >= 4 is 22.9 Å². The monoisotopic (exact) mass is 527 g/mol. The number of fused-ring (bicyclic) bond motifs is 1. The molecule has 3 rings (SSSR count).